The molecule has 0 aliphatic carbocycles. The van der Waals surface area contributed by atoms with Gasteiger partial charge in [-0.2, -0.15) is 0 Å². The molecule has 0 bridgehead atoms. The molecule has 0 spiro atoms. The molecule has 1 rings (SSSR count). The monoisotopic (exact) mass is 266 g/mol. The summed E-state index contributed by atoms with van der Waals surface area (Å²) < 4.78 is 0. The second-order valence-corrected chi connectivity index (χ2v) is 5.01. The van der Waals surface area contributed by atoms with E-state index in [4.69, 9.17) is 18.0 Å². The van der Waals surface area contributed by atoms with Crippen LogP contribution in [0.1, 0.15) is 13.8 Å². The van der Waals surface area contributed by atoms with Gasteiger partial charge in [0.2, 0.25) is 5.91 Å². The van der Waals surface area contributed by atoms with Gasteiger partial charge in [-0.15, -0.1) is 0 Å². The summed E-state index contributed by atoms with van der Waals surface area (Å²) in [4.78, 5) is 14.0. The molecule has 5 heteroatoms. The Morgan fingerprint density at radius 3 is 2.22 bits per heavy atom. The number of rotatable bonds is 4. The molecule has 0 aliphatic rings. The molecule has 0 radical (unpaired) electrons. The van der Waals surface area contributed by atoms with Crippen LogP contribution in [0.4, 0.5) is 5.69 Å². The number of nitrogens with zero attached hydrogens (tertiary/aromatic N) is 1. The summed E-state index contributed by atoms with van der Waals surface area (Å²) in [5.74, 6) is -0.397. The van der Waals surface area contributed by atoms with E-state index in [0.717, 1.165) is 0 Å². The lowest BCUT2D eigenvalue weighted by Gasteiger charge is -2.25. The first kappa shape index (κ1) is 14.4. The standard InChI is InChI=1S/C13H18N2O2S/c1-8(2)11(12(14)18)13(17)15(3)9-4-6-10(16)7-5-9/h4-8,11,16H,1-3H3,(H2,14,18). The summed E-state index contributed by atoms with van der Waals surface area (Å²) >= 11 is 4.95. The number of amides is 1. The van der Waals surface area contributed by atoms with E-state index in [2.05, 4.69) is 0 Å². The molecule has 1 atom stereocenters. The van der Waals surface area contributed by atoms with Crippen LogP contribution in [0.25, 0.3) is 0 Å². The molecule has 3 N–H and O–H groups in total. The number of phenolic OH excluding ortho intramolecular Hbond substituents is 1. The smallest absolute Gasteiger partial charge is 0.236 e. The fourth-order valence-corrected chi connectivity index (χ4v) is 2.12. The Balaban J connectivity index is 2.95. The van der Waals surface area contributed by atoms with Crippen LogP contribution in [0.3, 0.4) is 0 Å². The van der Waals surface area contributed by atoms with E-state index in [1.807, 2.05) is 13.8 Å². The Morgan fingerprint density at radius 2 is 1.83 bits per heavy atom. The van der Waals surface area contributed by atoms with Crippen molar-refractivity contribution in [3.05, 3.63) is 24.3 Å². The van der Waals surface area contributed by atoms with Crippen LogP contribution >= 0.6 is 12.2 Å². The number of anilines is 1. The van der Waals surface area contributed by atoms with Gasteiger partial charge in [0.25, 0.3) is 0 Å². The molecule has 18 heavy (non-hydrogen) atoms. The molecular formula is C13H18N2O2S. The third-order valence-electron chi connectivity index (χ3n) is 2.81. The van der Waals surface area contributed by atoms with Gasteiger partial charge in [-0.3, -0.25) is 4.79 Å². The number of nitrogens with two attached hydrogens (primary N) is 1. The molecule has 1 unspecified atom stereocenters. The Kier molecular flexibility index (Phi) is 4.67. The molecular weight excluding hydrogens is 248 g/mol. The number of hydrogen-bond donors (Lipinski definition) is 2. The van der Waals surface area contributed by atoms with Crippen LogP contribution in [0, 0.1) is 11.8 Å². The normalized spacial score (nSPS) is 12.2. The largest absolute Gasteiger partial charge is 0.508 e. The maximum atomic E-state index is 12.3. The lowest BCUT2D eigenvalue weighted by atomic mass is 9.94. The van der Waals surface area contributed by atoms with Gasteiger partial charge >= 0.3 is 0 Å². The second-order valence-electron chi connectivity index (χ2n) is 4.54. The fraction of sp³-hybridized carbons (Fsp3) is 0.385. The average Bonchev–Trinajstić information content (AvgIpc) is 2.28. The molecule has 1 aromatic carbocycles. The Labute approximate surface area is 112 Å². The van der Waals surface area contributed by atoms with Crippen LogP contribution in [0.5, 0.6) is 5.75 Å². The number of carbonyl (C=O) groups is 1. The minimum atomic E-state index is -0.473. The lowest BCUT2D eigenvalue weighted by molar-refractivity contribution is -0.121. The predicted octanol–water partition coefficient (Wildman–Crippen LogP) is 1.91. The molecule has 1 aromatic rings. The number of aromatic hydroxyl groups is 1. The van der Waals surface area contributed by atoms with E-state index in [0.29, 0.717) is 5.69 Å². The van der Waals surface area contributed by atoms with E-state index in [1.165, 1.54) is 17.0 Å². The van der Waals surface area contributed by atoms with Gasteiger partial charge in [0.1, 0.15) is 5.75 Å². The van der Waals surface area contributed by atoms with E-state index in [9.17, 15) is 9.90 Å². The highest BCUT2D eigenvalue weighted by atomic mass is 32.1. The van der Waals surface area contributed by atoms with Crippen molar-refractivity contribution >= 4 is 28.8 Å². The number of benzene rings is 1. The van der Waals surface area contributed by atoms with Gasteiger partial charge in [-0.05, 0) is 30.2 Å². The van der Waals surface area contributed by atoms with Crippen molar-refractivity contribution in [3.8, 4) is 5.75 Å². The molecule has 98 valence electrons. The molecule has 0 heterocycles. The molecule has 0 saturated heterocycles. The lowest BCUT2D eigenvalue weighted by Crippen LogP contribution is -2.41. The summed E-state index contributed by atoms with van der Waals surface area (Å²) in [5.41, 5.74) is 6.32. The van der Waals surface area contributed by atoms with Crippen molar-refractivity contribution < 1.29 is 9.90 Å². The van der Waals surface area contributed by atoms with Crippen molar-refractivity contribution in [2.45, 2.75) is 13.8 Å². The summed E-state index contributed by atoms with van der Waals surface area (Å²) in [5, 5.41) is 9.22. The SMILES string of the molecule is CC(C)C(C(=O)N(C)c1ccc(O)cc1)C(N)=S. The van der Waals surface area contributed by atoms with E-state index < -0.39 is 5.92 Å². The summed E-state index contributed by atoms with van der Waals surface area (Å²) in [6.07, 6.45) is 0. The maximum Gasteiger partial charge on any atom is 0.236 e. The fourth-order valence-electron chi connectivity index (χ4n) is 1.75. The van der Waals surface area contributed by atoms with Gasteiger partial charge in [0, 0.05) is 12.7 Å². The summed E-state index contributed by atoms with van der Waals surface area (Å²) in [6.45, 7) is 3.82. The first-order valence-electron chi connectivity index (χ1n) is 5.70. The van der Waals surface area contributed by atoms with Crippen molar-refractivity contribution in [2.24, 2.45) is 17.6 Å². The number of thiocarbonyl (C=S) groups is 1. The van der Waals surface area contributed by atoms with Gasteiger partial charge in [0.15, 0.2) is 0 Å². The van der Waals surface area contributed by atoms with Gasteiger partial charge < -0.3 is 15.7 Å². The van der Waals surface area contributed by atoms with E-state index >= 15 is 0 Å². The molecule has 4 nitrogen and oxygen atoms in total. The minimum Gasteiger partial charge on any atom is -0.508 e. The van der Waals surface area contributed by atoms with Crippen LogP contribution < -0.4 is 10.6 Å². The molecule has 1 amide bonds. The zero-order chi connectivity index (χ0) is 13.9. The molecule has 0 saturated carbocycles. The van der Waals surface area contributed by atoms with Crippen LogP contribution in [0.15, 0.2) is 24.3 Å². The second kappa shape index (κ2) is 5.82. The third kappa shape index (κ3) is 3.20. The average molecular weight is 266 g/mol. The van der Waals surface area contributed by atoms with Crippen LogP contribution in [-0.2, 0) is 4.79 Å². The molecule has 0 aliphatic heterocycles. The molecule has 0 fully saturated rings. The van der Waals surface area contributed by atoms with Gasteiger partial charge in [-0.25, -0.2) is 0 Å². The summed E-state index contributed by atoms with van der Waals surface area (Å²) in [7, 11) is 1.67. The van der Waals surface area contributed by atoms with Crippen molar-refractivity contribution in [1.82, 2.24) is 0 Å². The molecule has 0 aromatic heterocycles. The van der Waals surface area contributed by atoms with Crippen molar-refractivity contribution in [2.75, 3.05) is 11.9 Å². The number of phenols is 1. The van der Waals surface area contributed by atoms with E-state index in [-0.39, 0.29) is 22.6 Å². The zero-order valence-electron chi connectivity index (χ0n) is 10.8. The predicted molar refractivity (Wildman–Crippen MR) is 76.6 cm³/mol. The highest BCUT2D eigenvalue weighted by molar-refractivity contribution is 7.80. The summed E-state index contributed by atoms with van der Waals surface area (Å²) in [6, 6.07) is 6.41. The van der Waals surface area contributed by atoms with Gasteiger partial charge in [-0.1, -0.05) is 26.1 Å². The number of hydrogen-bond acceptors (Lipinski definition) is 3. The van der Waals surface area contributed by atoms with E-state index in [1.54, 1.807) is 19.2 Å². The Bertz CT molecular complexity index is 443. The van der Waals surface area contributed by atoms with Crippen LogP contribution in [0.2, 0.25) is 0 Å². The highest BCUT2D eigenvalue weighted by Crippen LogP contribution is 2.21. The topological polar surface area (TPSA) is 66.6 Å². The first-order valence-corrected chi connectivity index (χ1v) is 6.11. The first-order chi connectivity index (χ1) is 8.34. The Hall–Kier alpha value is -1.62. The third-order valence-corrected chi connectivity index (χ3v) is 3.06. The Morgan fingerprint density at radius 1 is 1.33 bits per heavy atom. The van der Waals surface area contributed by atoms with Gasteiger partial charge in [0.05, 0.1) is 10.9 Å². The maximum absolute atomic E-state index is 12.3. The minimum absolute atomic E-state index is 0.0505. The highest BCUT2D eigenvalue weighted by Gasteiger charge is 2.28. The zero-order valence-corrected chi connectivity index (χ0v) is 11.6. The van der Waals surface area contributed by atoms with Crippen molar-refractivity contribution in [1.29, 1.82) is 0 Å². The quantitative estimate of drug-likeness (QED) is 0.817. The van der Waals surface area contributed by atoms with Crippen molar-refractivity contribution in [3.63, 3.8) is 0 Å². The van der Waals surface area contributed by atoms with Crippen LogP contribution in [-0.4, -0.2) is 23.0 Å². The number of carbonyl (C=O) groups excluding carboxylic acids is 1.